The van der Waals surface area contributed by atoms with Crippen molar-refractivity contribution in [2.24, 2.45) is 5.92 Å². The van der Waals surface area contributed by atoms with Crippen LogP contribution in [0.15, 0.2) is 97.2 Å². The molecule has 3 aliphatic heterocycles. The number of ether oxygens (including phenoxy) is 2. The molecule has 0 unspecified atom stereocenters. The first-order chi connectivity index (χ1) is 20.9. The Morgan fingerprint density at radius 1 is 0.860 bits per heavy atom. The molecule has 1 spiro atoms. The number of hydrogen-bond donors (Lipinski definition) is 1. The van der Waals surface area contributed by atoms with Crippen LogP contribution in [0.1, 0.15) is 49.0 Å². The molecule has 1 saturated heterocycles. The van der Waals surface area contributed by atoms with Crippen LogP contribution in [0.4, 0.5) is 5.69 Å². The summed E-state index contributed by atoms with van der Waals surface area (Å²) in [6.07, 6.45) is 3.83. The van der Waals surface area contributed by atoms with Crippen LogP contribution in [0.5, 0.6) is 11.5 Å². The number of benzene rings is 4. The van der Waals surface area contributed by atoms with Crippen LogP contribution in [-0.2, 0) is 10.2 Å². The van der Waals surface area contributed by atoms with Crippen molar-refractivity contribution in [1.29, 1.82) is 0 Å². The molecule has 4 aromatic rings. The molecule has 4 atom stereocenters. The minimum Gasteiger partial charge on any atom is -0.497 e. The molecule has 3 aliphatic rings. The van der Waals surface area contributed by atoms with E-state index < -0.39 is 23.4 Å². The SMILES string of the molecule is COc1ccc(C(=O)[C@@H]2[C@H](C(=O)c3ccc(C)cc3)N3C=Cc4ccccc4[C@@H]3[C@]23C(=O)Nc2ccccc23)c(OC)c1. The van der Waals surface area contributed by atoms with Crippen molar-refractivity contribution < 1.29 is 23.9 Å². The summed E-state index contributed by atoms with van der Waals surface area (Å²) in [4.78, 5) is 46.3. The number of para-hydroxylation sites is 1. The molecule has 0 radical (unpaired) electrons. The Morgan fingerprint density at radius 2 is 1.60 bits per heavy atom. The summed E-state index contributed by atoms with van der Waals surface area (Å²) in [5.74, 6) is -1.13. The van der Waals surface area contributed by atoms with Gasteiger partial charge in [-0.15, -0.1) is 0 Å². The predicted molar refractivity (Wildman–Crippen MR) is 163 cm³/mol. The van der Waals surface area contributed by atoms with Crippen LogP contribution in [0.25, 0.3) is 6.08 Å². The number of rotatable bonds is 6. The Balaban J connectivity index is 1.54. The average Bonchev–Trinajstić information content (AvgIpc) is 3.52. The molecule has 4 aromatic carbocycles. The van der Waals surface area contributed by atoms with Crippen molar-refractivity contribution in [1.82, 2.24) is 4.90 Å². The molecule has 1 amide bonds. The van der Waals surface area contributed by atoms with E-state index in [9.17, 15) is 9.59 Å². The highest BCUT2D eigenvalue weighted by molar-refractivity contribution is 6.17. The number of ketones is 2. The first-order valence-electron chi connectivity index (χ1n) is 14.2. The van der Waals surface area contributed by atoms with Gasteiger partial charge in [-0.05, 0) is 47.9 Å². The molecule has 1 fully saturated rings. The Hall–Kier alpha value is -5.17. The van der Waals surface area contributed by atoms with Crippen molar-refractivity contribution in [2.45, 2.75) is 24.4 Å². The molecule has 43 heavy (non-hydrogen) atoms. The Morgan fingerprint density at radius 3 is 2.37 bits per heavy atom. The second-order valence-corrected chi connectivity index (χ2v) is 11.2. The van der Waals surface area contributed by atoms with Gasteiger partial charge in [0.25, 0.3) is 0 Å². The number of aryl methyl sites for hydroxylation is 1. The highest BCUT2D eigenvalue weighted by Gasteiger charge is 2.70. The van der Waals surface area contributed by atoms with E-state index in [2.05, 4.69) is 5.32 Å². The van der Waals surface area contributed by atoms with E-state index in [1.807, 2.05) is 84.8 Å². The number of carbonyl (C=O) groups excluding carboxylic acids is 3. The lowest BCUT2D eigenvalue weighted by Gasteiger charge is -2.38. The van der Waals surface area contributed by atoms with Crippen LogP contribution in [0.3, 0.4) is 0 Å². The van der Waals surface area contributed by atoms with Crippen molar-refractivity contribution in [3.8, 4) is 11.5 Å². The van der Waals surface area contributed by atoms with Crippen molar-refractivity contribution in [2.75, 3.05) is 19.5 Å². The largest absolute Gasteiger partial charge is 0.497 e. The molecule has 1 N–H and O–H groups in total. The molecular weight excluding hydrogens is 540 g/mol. The third-order valence-electron chi connectivity index (χ3n) is 9.13. The smallest absolute Gasteiger partial charge is 0.238 e. The van der Waals surface area contributed by atoms with E-state index in [1.165, 1.54) is 7.11 Å². The van der Waals surface area contributed by atoms with Crippen LogP contribution in [-0.4, -0.2) is 42.6 Å². The number of Topliss-reactive ketones (excluding diaryl/α,β-unsaturated/α-hetero) is 2. The van der Waals surface area contributed by atoms with E-state index in [0.717, 1.165) is 16.7 Å². The molecule has 7 heteroatoms. The van der Waals surface area contributed by atoms with Gasteiger partial charge < -0.3 is 19.7 Å². The summed E-state index contributed by atoms with van der Waals surface area (Å²) in [5, 5.41) is 3.08. The number of methoxy groups -OCH3 is 2. The molecule has 7 rings (SSSR count). The summed E-state index contributed by atoms with van der Waals surface area (Å²) in [7, 11) is 3.03. The van der Waals surface area contributed by atoms with Crippen molar-refractivity contribution in [3.05, 3.63) is 131 Å². The zero-order valence-electron chi connectivity index (χ0n) is 24.0. The maximum atomic E-state index is 15.1. The Labute approximate surface area is 249 Å². The van der Waals surface area contributed by atoms with E-state index in [-0.39, 0.29) is 23.0 Å². The van der Waals surface area contributed by atoms with E-state index in [1.54, 1.807) is 37.4 Å². The standard InChI is InChI=1S/C36H30N2O5/c1-21-12-14-23(15-13-21)32(39)31-30(33(40)26-17-16-24(42-2)20-29(26)43-3)36(27-10-6-7-11-28(27)37-35(36)41)34-25-9-5-4-8-22(25)18-19-38(31)34/h4-20,30-31,34H,1-3H3,(H,37,41)/t30-,31+,34+,36+/m0/s1. The average molecular weight is 571 g/mol. The van der Waals surface area contributed by atoms with Gasteiger partial charge in [-0.2, -0.15) is 0 Å². The van der Waals surface area contributed by atoms with Crippen LogP contribution in [0.2, 0.25) is 0 Å². The lowest BCUT2D eigenvalue weighted by molar-refractivity contribution is -0.122. The Kier molecular flexibility index (Phi) is 6.20. The summed E-state index contributed by atoms with van der Waals surface area (Å²) in [6, 6.07) is 26.1. The normalized spacial score (nSPS) is 22.9. The van der Waals surface area contributed by atoms with Gasteiger partial charge in [-0.25, -0.2) is 0 Å². The van der Waals surface area contributed by atoms with Gasteiger partial charge in [0.15, 0.2) is 11.6 Å². The molecule has 214 valence electrons. The zero-order valence-corrected chi connectivity index (χ0v) is 24.0. The highest BCUT2D eigenvalue weighted by atomic mass is 16.5. The van der Waals surface area contributed by atoms with Gasteiger partial charge >= 0.3 is 0 Å². The minimum absolute atomic E-state index is 0.228. The van der Waals surface area contributed by atoms with Crippen molar-refractivity contribution >= 4 is 29.2 Å². The second kappa shape index (κ2) is 9.98. The van der Waals surface area contributed by atoms with E-state index in [4.69, 9.17) is 9.47 Å². The number of nitrogens with one attached hydrogen (secondary N) is 1. The summed E-state index contributed by atoms with van der Waals surface area (Å²) < 4.78 is 11.1. The molecular formula is C36H30N2O5. The lowest BCUT2D eigenvalue weighted by Crippen LogP contribution is -2.49. The van der Waals surface area contributed by atoms with Gasteiger partial charge in [0, 0.05) is 23.5 Å². The summed E-state index contributed by atoms with van der Waals surface area (Å²) in [6.45, 7) is 1.96. The molecule has 0 aromatic heterocycles. The second-order valence-electron chi connectivity index (χ2n) is 11.2. The maximum absolute atomic E-state index is 15.1. The molecule has 0 bridgehead atoms. The van der Waals surface area contributed by atoms with Gasteiger partial charge in [0.05, 0.1) is 31.7 Å². The number of anilines is 1. The predicted octanol–water partition coefficient (Wildman–Crippen LogP) is 5.99. The van der Waals surface area contributed by atoms with Crippen LogP contribution in [0, 0.1) is 12.8 Å². The zero-order chi connectivity index (χ0) is 29.9. The molecule has 0 aliphatic carbocycles. The molecule has 3 heterocycles. The number of carbonyl (C=O) groups is 3. The van der Waals surface area contributed by atoms with E-state index >= 15 is 4.79 Å². The Bertz CT molecular complexity index is 1830. The summed E-state index contributed by atoms with van der Waals surface area (Å²) >= 11 is 0. The summed E-state index contributed by atoms with van der Waals surface area (Å²) in [5.41, 5.74) is 3.53. The van der Waals surface area contributed by atoms with Gasteiger partial charge in [-0.1, -0.05) is 72.3 Å². The van der Waals surface area contributed by atoms with Crippen LogP contribution >= 0.6 is 0 Å². The number of nitrogens with zero attached hydrogens (tertiary/aromatic N) is 1. The fourth-order valence-electron chi connectivity index (χ4n) is 7.23. The monoisotopic (exact) mass is 570 g/mol. The number of hydrogen-bond acceptors (Lipinski definition) is 6. The first kappa shape index (κ1) is 26.7. The van der Waals surface area contributed by atoms with Crippen molar-refractivity contribution in [3.63, 3.8) is 0 Å². The van der Waals surface area contributed by atoms with Gasteiger partial charge in [-0.3, -0.25) is 14.4 Å². The van der Waals surface area contributed by atoms with Gasteiger partial charge in [0.2, 0.25) is 5.91 Å². The maximum Gasteiger partial charge on any atom is 0.238 e. The minimum atomic E-state index is -1.41. The molecule has 7 nitrogen and oxygen atoms in total. The third kappa shape index (κ3) is 3.77. The topological polar surface area (TPSA) is 84.9 Å². The number of amides is 1. The quantitative estimate of drug-likeness (QED) is 0.287. The van der Waals surface area contributed by atoms with E-state index in [0.29, 0.717) is 28.3 Å². The third-order valence-corrected chi connectivity index (χ3v) is 9.13. The number of fused-ring (bicyclic) bond motifs is 6. The van der Waals surface area contributed by atoms with Crippen LogP contribution < -0.4 is 14.8 Å². The fraction of sp³-hybridized carbons (Fsp3) is 0.194. The lowest BCUT2D eigenvalue weighted by atomic mass is 9.62. The molecule has 0 saturated carbocycles. The fourth-order valence-corrected chi connectivity index (χ4v) is 7.23. The van der Waals surface area contributed by atoms with Gasteiger partial charge in [0.1, 0.15) is 23.0 Å². The first-order valence-corrected chi connectivity index (χ1v) is 14.2. The highest BCUT2D eigenvalue weighted by Crippen LogP contribution is 2.62.